The average molecular weight is 300 g/mol. The number of anilines is 1. The number of nitrogens with zero attached hydrogens (tertiary/aromatic N) is 2. The van der Waals surface area contributed by atoms with Crippen LogP contribution in [0.25, 0.3) is 0 Å². The highest BCUT2D eigenvalue weighted by Crippen LogP contribution is 2.30. The summed E-state index contributed by atoms with van der Waals surface area (Å²) in [4.78, 5) is 0. The molecule has 0 amide bonds. The molecule has 0 saturated heterocycles. The molecule has 96 valence electrons. The first-order valence-corrected chi connectivity index (χ1v) is 7.79. The van der Waals surface area contributed by atoms with E-state index in [2.05, 4.69) is 29.4 Å². The van der Waals surface area contributed by atoms with Crippen molar-refractivity contribution in [2.24, 2.45) is 0 Å². The Morgan fingerprint density at radius 1 is 1.33 bits per heavy atom. The summed E-state index contributed by atoms with van der Waals surface area (Å²) in [5.41, 5.74) is 1.12. The van der Waals surface area contributed by atoms with Crippen LogP contribution >= 0.6 is 34.7 Å². The molecule has 0 aliphatic heterocycles. The van der Waals surface area contributed by atoms with Crippen LogP contribution in [0.3, 0.4) is 0 Å². The second-order valence-corrected chi connectivity index (χ2v) is 6.66. The van der Waals surface area contributed by atoms with E-state index in [1.165, 1.54) is 0 Å². The average Bonchev–Trinajstić information content (AvgIpc) is 2.75. The molecule has 0 aliphatic rings. The maximum Gasteiger partial charge on any atom is 0.206 e. The summed E-state index contributed by atoms with van der Waals surface area (Å²) in [6.07, 6.45) is 0. The van der Waals surface area contributed by atoms with Crippen LogP contribution in [0, 0.1) is 0 Å². The molecule has 2 aromatic rings. The minimum Gasteiger partial charge on any atom is -0.358 e. The number of hydrogen-bond acceptors (Lipinski definition) is 5. The molecule has 18 heavy (non-hydrogen) atoms. The van der Waals surface area contributed by atoms with Gasteiger partial charge in [-0.05, 0) is 25.5 Å². The smallest absolute Gasteiger partial charge is 0.206 e. The van der Waals surface area contributed by atoms with Crippen LogP contribution in [0.2, 0.25) is 5.02 Å². The van der Waals surface area contributed by atoms with Crippen LogP contribution in [0.4, 0.5) is 5.13 Å². The van der Waals surface area contributed by atoms with Crippen LogP contribution < -0.4 is 5.32 Å². The third-order valence-electron chi connectivity index (χ3n) is 2.13. The monoisotopic (exact) mass is 299 g/mol. The molecule has 1 N–H and O–H groups in total. The van der Waals surface area contributed by atoms with E-state index >= 15 is 0 Å². The molecular weight excluding hydrogens is 286 g/mol. The van der Waals surface area contributed by atoms with Gasteiger partial charge in [0, 0.05) is 16.8 Å². The van der Waals surface area contributed by atoms with E-state index in [9.17, 15) is 0 Å². The molecule has 2 rings (SSSR count). The number of aromatic nitrogens is 2. The van der Waals surface area contributed by atoms with Crippen molar-refractivity contribution in [1.82, 2.24) is 10.2 Å². The summed E-state index contributed by atoms with van der Waals surface area (Å²) in [6.45, 7) is 4.16. The molecule has 0 saturated carbocycles. The number of nitrogens with one attached hydrogen (secondary N) is 1. The molecule has 1 aromatic heterocycles. The SMILES string of the molecule is CC(C)Nc1nnc(SCc2ccccc2Cl)s1. The van der Waals surface area contributed by atoms with Gasteiger partial charge in [0.15, 0.2) is 4.34 Å². The van der Waals surface area contributed by atoms with Gasteiger partial charge < -0.3 is 5.32 Å². The molecule has 0 spiro atoms. The van der Waals surface area contributed by atoms with Gasteiger partial charge in [-0.1, -0.05) is 52.9 Å². The van der Waals surface area contributed by atoms with Crippen LogP contribution in [0.15, 0.2) is 28.6 Å². The van der Waals surface area contributed by atoms with Gasteiger partial charge in [0.1, 0.15) is 0 Å². The van der Waals surface area contributed by atoms with E-state index in [1.54, 1.807) is 23.1 Å². The van der Waals surface area contributed by atoms with E-state index in [4.69, 9.17) is 11.6 Å². The van der Waals surface area contributed by atoms with Gasteiger partial charge in [-0.25, -0.2) is 0 Å². The van der Waals surface area contributed by atoms with Crippen molar-refractivity contribution in [2.45, 2.75) is 30.0 Å². The van der Waals surface area contributed by atoms with Crippen LogP contribution in [-0.4, -0.2) is 16.2 Å². The Hall–Kier alpha value is -0.780. The molecule has 0 unspecified atom stereocenters. The van der Waals surface area contributed by atoms with Gasteiger partial charge in [0.2, 0.25) is 5.13 Å². The third-order valence-corrected chi connectivity index (χ3v) is 4.53. The largest absolute Gasteiger partial charge is 0.358 e. The van der Waals surface area contributed by atoms with Crippen molar-refractivity contribution in [3.8, 4) is 0 Å². The number of rotatable bonds is 5. The standard InChI is InChI=1S/C12H14ClN3S2/c1-8(2)14-11-15-16-12(18-11)17-7-9-5-3-4-6-10(9)13/h3-6,8H,7H2,1-2H3,(H,14,15). The molecule has 1 heterocycles. The van der Waals surface area contributed by atoms with Gasteiger partial charge >= 0.3 is 0 Å². The van der Waals surface area contributed by atoms with E-state index in [-0.39, 0.29) is 0 Å². The number of hydrogen-bond donors (Lipinski definition) is 1. The summed E-state index contributed by atoms with van der Waals surface area (Å²) in [6, 6.07) is 8.24. The van der Waals surface area contributed by atoms with Gasteiger partial charge in [0.05, 0.1) is 0 Å². The zero-order valence-electron chi connectivity index (χ0n) is 10.2. The molecular formula is C12H14ClN3S2. The van der Waals surface area contributed by atoms with E-state index in [0.717, 1.165) is 25.8 Å². The van der Waals surface area contributed by atoms with Crippen LogP contribution in [0.5, 0.6) is 0 Å². The Morgan fingerprint density at radius 2 is 2.11 bits per heavy atom. The van der Waals surface area contributed by atoms with Crippen molar-refractivity contribution in [1.29, 1.82) is 0 Å². The zero-order chi connectivity index (χ0) is 13.0. The summed E-state index contributed by atoms with van der Waals surface area (Å²) >= 11 is 9.34. The Kier molecular flexibility index (Phi) is 4.86. The fourth-order valence-corrected chi connectivity index (χ4v) is 3.51. The summed E-state index contributed by atoms with van der Waals surface area (Å²) in [7, 11) is 0. The van der Waals surface area contributed by atoms with Gasteiger partial charge in [-0.3, -0.25) is 0 Å². The van der Waals surface area contributed by atoms with Crippen LogP contribution in [0.1, 0.15) is 19.4 Å². The lowest BCUT2D eigenvalue weighted by atomic mass is 10.2. The quantitative estimate of drug-likeness (QED) is 0.835. The topological polar surface area (TPSA) is 37.8 Å². The molecule has 0 fully saturated rings. The van der Waals surface area contributed by atoms with Gasteiger partial charge in [0.25, 0.3) is 0 Å². The van der Waals surface area contributed by atoms with Crippen molar-refractivity contribution < 1.29 is 0 Å². The molecule has 3 nitrogen and oxygen atoms in total. The summed E-state index contributed by atoms with van der Waals surface area (Å²) < 4.78 is 0.957. The maximum atomic E-state index is 6.11. The number of thioether (sulfide) groups is 1. The molecule has 0 bridgehead atoms. The van der Waals surface area contributed by atoms with Crippen LogP contribution in [-0.2, 0) is 5.75 Å². The zero-order valence-corrected chi connectivity index (χ0v) is 12.6. The summed E-state index contributed by atoms with van der Waals surface area (Å²) in [5.74, 6) is 0.815. The highest BCUT2D eigenvalue weighted by atomic mass is 35.5. The first-order chi connectivity index (χ1) is 8.65. The highest BCUT2D eigenvalue weighted by molar-refractivity contribution is 8.00. The Morgan fingerprint density at radius 3 is 2.83 bits per heavy atom. The second-order valence-electron chi connectivity index (χ2n) is 4.05. The highest BCUT2D eigenvalue weighted by Gasteiger charge is 2.07. The van der Waals surface area contributed by atoms with Crippen molar-refractivity contribution >= 4 is 39.8 Å². The predicted octanol–water partition coefficient (Wildman–Crippen LogP) is 4.30. The lowest BCUT2D eigenvalue weighted by molar-refractivity contribution is 0.883. The van der Waals surface area contributed by atoms with Crippen molar-refractivity contribution in [3.63, 3.8) is 0 Å². The van der Waals surface area contributed by atoms with E-state index in [1.807, 2.05) is 24.3 Å². The first-order valence-electron chi connectivity index (χ1n) is 5.61. The normalized spacial score (nSPS) is 10.9. The molecule has 6 heteroatoms. The lowest BCUT2D eigenvalue weighted by Gasteiger charge is -2.03. The summed E-state index contributed by atoms with van der Waals surface area (Å²) in [5, 5.41) is 13.1. The number of benzene rings is 1. The fraction of sp³-hybridized carbons (Fsp3) is 0.333. The van der Waals surface area contributed by atoms with Crippen molar-refractivity contribution in [2.75, 3.05) is 5.32 Å². The lowest BCUT2D eigenvalue weighted by Crippen LogP contribution is -2.08. The molecule has 0 atom stereocenters. The van der Waals surface area contributed by atoms with Gasteiger partial charge in [-0.2, -0.15) is 0 Å². The Balaban J connectivity index is 1.94. The predicted molar refractivity (Wildman–Crippen MR) is 79.7 cm³/mol. The maximum absolute atomic E-state index is 6.11. The van der Waals surface area contributed by atoms with Gasteiger partial charge in [-0.15, -0.1) is 10.2 Å². The molecule has 0 radical (unpaired) electrons. The molecule has 1 aromatic carbocycles. The van der Waals surface area contributed by atoms with Crippen molar-refractivity contribution in [3.05, 3.63) is 34.9 Å². The second kappa shape index (κ2) is 6.41. The Labute approximate surface area is 120 Å². The minimum atomic E-state index is 0.374. The Bertz CT molecular complexity index is 514. The fourth-order valence-electron chi connectivity index (χ4n) is 1.33. The minimum absolute atomic E-state index is 0.374. The molecule has 0 aliphatic carbocycles. The van der Waals surface area contributed by atoms with E-state index in [0.29, 0.717) is 6.04 Å². The third kappa shape index (κ3) is 3.86. The number of halogens is 1. The first kappa shape index (κ1) is 13.6. The van der Waals surface area contributed by atoms with E-state index < -0.39 is 0 Å².